The van der Waals surface area contributed by atoms with Crippen LogP contribution in [0.2, 0.25) is 0 Å². The van der Waals surface area contributed by atoms with E-state index in [0.717, 1.165) is 19.4 Å². The van der Waals surface area contributed by atoms with Gasteiger partial charge in [-0.3, -0.25) is 14.4 Å². The Morgan fingerprint density at radius 2 is 1.82 bits per heavy atom. The lowest BCUT2D eigenvalue weighted by atomic mass is 9.96. The molecule has 1 aliphatic heterocycles. The van der Waals surface area contributed by atoms with Gasteiger partial charge in [0.25, 0.3) is 0 Å². The molecule has 7 heteroatoms. The van der Waals surface area contributed by atoms with Crippen LogP contribution < -0.4 is 11.1 Å². The zero-order valence-electron chi connectivity index (χ0n) is 13.3. The Bertz CT molecular complexity index is 379. The Balaban J connectivity index is 2.15. The highest BCUT2D eigenvalue weighted by Gasteiger charge is 2.28. The summed E-state index contributed by atoms with van der Waals surface area (Å²) in [6.07, 6.45) is 3.87. The third kappa shape index (κ3) is 6.43. The topological polar surface area (TPSA) is 102 Å². The van der Waals surface area contributed by atoms with Crippen LogP contribution in [-0.2, 0) is 19.1 Å². The number of carbonyl (C=O) groups is 3. The number of rotatable bonds is 8. The average molecular weight is 313 g/mol. The molecule has 1 fully saturated rings. The summed E-state index contributed by atoms with van der Waals surface area (Å²) in [4.78, 5) is 36.2. The number of likely N-dealkylation sites (tertiary alicyclic amines) is 1. The number of nitrogens with one attached hydrogen (secondary N) is 1. The van der Waals surface area contributed by atoms with Gasteiger partial charge in [-0.1, -0.05) is 13.3 Å². The lowest BCUT2D eigenvalue weighted by Gasteiger charge is -2.29. The molecule has 0 saturated carbocycles. The SMILES string of the molecule is CCCCOCCCNC(=O)C(=O)N1CCC(C(N)=O)CC1. The van der Waals surface area contributed by atoms with Crippen LogP contribution in [0.25, 0.3) is 0 Å². The summed E-state index contributed by atoms with van der Waals surface area (Å²) in [7, 11) is 0. The summed E-state index contributed by atoms with van der Waals surface area (Å²) >= 11 is 0. The zero-order chi connectivity index (χ0) is 16.4. The lowest BCUT2D eigenvalue weighted by Crippen LogP contribution is -2.48. The van der Waals surface area contributed by atoms with Gasteiger partial charge in [0.15, 0.2) is 0 Å². The van der Waals surface area contributed by atoms with E-state index in [1.54, 1.807) is 0 Å². The number of ether oxygens (including phenoxy) is 1. The maximum atomic E-state index is 11.9. The molecular weight excluding hydrogens is 286 g/mol. The van der Waals surface area contributed by atoms with E-state index in [2.05, 4.69) is 12.2 Å². The number of nitrogens with two attached hydrogens (primary N) is 1. The van der Waals surface area contributed by atoms with Crippen molar-refractivity contribution in [3.63, 3.8) is 0 Å². The molecule has 0 spiro atoms. The molecule has 22 heavy (non-hydrogen) atoms. The number of carbonyl (C=O) groups excluding carboxylic acids is 3. The third-order valence-corrected chi connectivity index (χ3v) is 3.77. The Kier molecular flexibility index (Phi) is 8.50. The molecule has 0 aromatic rings. The van der Waals surface area contributed by atoms with Crippen LogP contribution in [-0.4, -0.2) is 55.5 Å². The number of unbranched alkanes of at least 4 members (excludes halogenated alkanes) is 1. The van der Waals surface area contributed by atoms with E-state index in [0.29, 0.717) is 45.5 Å². The highest BCUT2D eigenvalue weighted by Crippen LogP contribution is 2.16. The molecule has 0 unspecified atom stereocenters. The molecule has 0 bridgehead atoms. The fourth-order valence-electron chi connectivity index (χ4n) is 2.31. The highest BCUT2D eigenvalue weighted by molar-refractivity contribution is 6.35. The summed E-state index contributed by atoms with van der Waals surface area (Å²) in [6, 6.07) is 0. The summed E-state index contributed by atoms with van der Waals surface area (Å²) in [5.74, 6) is -1.65. The minimum atomic E-state index is -0.592. The lowest BCUT2D eigenvalue weighted by molar-refractivity contribution is -0.147. The van der Waals surface area contributed by atoms with Crippen LogP contribution >= 0.6 is 0 Å². The molecule has 126 valence electrons. The second-order valence-electron chi connectivity index (χ2n) is 5.54. The number of hydrogen-bond acceptors (Lipinski definition) is 4. The fraction of sp³-hybridized carbons (Fsp3) is 0.800. The van der Waals surface area contributed by atoms with Crippen molar-refractivity contribution in [1.82, 2.24) is 10.2 Å². The summed E-state index contributed by atoms with van der Waals surface area (Å²) in [6.45, 7) is 4.65. The molecule has 0 radical (unpaired) electrons. The smallest absolute Gasteiger partial charge is 0.311 e. The molecule has 1 saturated heterocycles. The van der Waals surface area contributed by atoms with Crippen LogP contribution in [0.3, 0.4) is 0 Å². The summed E-state index contributed by atoms with van der Waals surface area (Å²) in [5.41, 5.74) is 5.24. The molecule has 1 aliphatic rings. The van der Waals surface area contributed by atoms with E-state index >= 15 is 0 Å². The molecule has 7 nitrogen and oxygen atoms in total. The van der Waals surface area contributed by atoms with Crippen molar-refractivity contribution in [3.05, 3.63) is 0 Å². The van der Waals surface area contributed by atoms with E-state index < -0.39 is 11.8 Å². The fourth-order valence-corrected chi connectivity index (χ4v) is 2.31. The van der Waals surface area contributed by atoms with Gasteiger partial charge in [0.1, 0.15) is 0 Å². The van der Waals surface area contributed by atoms with Crippen LogP contribution in [0.1, 0.15) is 39.0 Å². The predicted octanol–water partition coefficient (Wildman–Crippen LogP) is 0.0333. The van der Waals surface area contributed by atoms with Crippen LogP contribution in [0.4, 0.5) is 0 Å². The van der Waals surface area contributed by atoms with E-state index in [-0.39, 0.29) is 11.8 Å². The van der Waals surface area contributed by atoms with Crippen molar-refractivity contribution in [3.8, 4) is 0 Å². The zero-order valence-corrected chi connectivity index (χ0v) is 13.3. The van der Waals surface area contributed by atoms with Gasteiger partial charge in [-0.25, -0.2) is 0 Å². The standard InChI is InChI=1S/C15H27N3O4/c1-2-3-10-22-11-4-7-17-14(20)15(21)18-8-5-12(6-9-18)13(16)19/h12H,2-11H2,1H3,(H2,16,19)(H,17,20). The number of primary amides is 1. The molecule has 3 amide bonds. The van der Waals surface area contributed by atoms with Crippen LogP contribution in [0.15, 0.2) is 0 Å². The van der Waals surface area contributed by atoms with Gasteiger partial charge in [0, 0.05) is 38.8 Å². The number of amides is 3. The highest BCUT2D eigenvalue weighted by atomic mass is 16.5. The van der Waals surface area contributed by atoms with Gasteiger partial charge >= 0.3 is 11.8 Å². The second-order valence-corrected chi connectivity index (χ2v) is 5.54. The maximum absolute atomic E-state index is 11.9. The van der Waals surface area contributed by atoms with E-state index in [1.165, 1.54) is 4.90 Å². The van der Waals surface area contributed by atoms with Gasteiger partial charge < -0.3 is 20.7 Å². The molecule has 0 atom stereocenters. The van der Waals surface area contributed by atoms with Gasteiger partial charge in [0.05, 0.1) is 0 Å². The first kappa shape index (κ1) is 18.4. The van der Waals surface area contributed by atoms with Crippen molar-refractivity contribution in [2.75, 3.05) is 32.8 Å². The molecule has 3 N–H and O–H groups in total. The van der Waals surface area contributed by atoms with Crippen molar-refractivity contribution in [2.24, 2.45) is 11.7 Å². The van der Waals surface area contributed by atoms with Gasteiger partial charge in [0.2, 0.25) is 5.91 Å². The first-order chi connectivity index (χ1) is 10.6. The van der Waals surface area contributed by atoms with Crippen molar-refractivity contribution in [2.45, 2.75) is 39.0 Å². The molecule has 0 aromatic heterocycles. The van der Waals surface area contributed by atoms with E-state index in [1.807, 2.05) is 0 Å². The van der Waals surface area contributed by atoms with Crippen LogP contribution in [0.5, 0.6) is 0 Å². The van der Waals surface area contributed by atoms with Crippen molar-refractivity contribution < 1.29 is 19.1 Å². The van der Waals surface area contributed by atoms with Gasteiger partial charge in [-0.05, 0) is 25.7 Å². The quantitative estimate of drug-likeness (QED) is 0.487. The molecule has 1 heterocycles. The summed E-state index contributed by atoms with van der Waals surface area (Å²) < 4.78 is 5.38. The number of nitrogens with zero attached hydrogens (tertiary/aromatic N) is 1. The maximum Gasteiger partial charge on any atom is 0.311 e. The monoisotopic (exact) mass is 313 g/mol. The minimum absolute atomic E-state index is 0.188. The summed E-state index contributed by atoms with van der Waals surface area (Å²) in [5, 5.41) is 2.60. The average Bonchev–Trinajstić information content (AvgIpc) is 2.53. The largest absolute Gasteiger partial charge is 0.381 e. The van der Waals surface area contributed by atoms with E-state index in [9.17, 15) is 14.4 Å². The Morgan fingerprint density at radius 3 is 2.41 bits per heavy atom. The molecule has 1 rings (SSSR count). The normalized spacial score (nSPS) is 15.6. The van der Waals surface area contributed by atoms with Gasteiger partial charge in [-0.2, -0.15) is 0 Å². The Morgan fingerprint density at radius 1 is 1.18 bits per heavy atom. The first-order valence-electron chi connectivity index (χ1n) is 8.00. The Labute approximate surface area is 131 Å². The Hall–Kier alpha value is -1.63. The number of piperidine rings is 1. The number of hydrogen-bond donors (Lipinski definition) is 2. The first-order valence-corrected chi connectivity index (χ1v) is 8.00. The van der Waals surface area contributed by atoms with Crippen molar-refractivity contribution >= 4 is 17.7 Å². The molecule has 0 aromatic carbocycles. The van der Waals surface area contributed by atoms with Crippen LogP contribution in [0, 0.1) is 5.92 Å². The molecular formula is C15H27N3O4. The van der Waals surface area contributed by atoms with Crippen molar-refractivity contribution in [1.29, 1.82) is 0 Å². The predicted molar refractivity (Wildman–Crippen MR) is 81.9 cm³/mol. The second kappa shape index (κ2) is 10.2. The minimum Gasteiger partial charge on any atom is -0.381 e. The third-order valence-electron chi connectivity index (χ3n) is 3.77. The molecule has 0 aliphatic carbocycles. The van der Waals surface area contributed by atoms with E-state index in [4.69, 9.17) is 10.5 Å². The van der Waals surface area contributed by atoms with Gasteiger partial charge in [-0.15, -0.1) is 0 Å².